The number of hydrogen-bond acceptors (Lipinski definition) is 2. The zero-order valence-electron chi connectivity index (χ0n) is 10.0. The Morgan fingerprint density at radius 2 is 2.00 bits per heavy atom. The second-order valence-corrected chi connectivity index (χ2v) is 3.80. The molecule has 2 nitrogen and oxygen atoms in total. The Bertz CT molecular complexity index is 204. The fourth-order valence-corrected chi connectivity index (χ4v) is 1.27. The minimum absolute atomic E-state index is 0.730. The fourth-order valence-electron chi connectivity index (χ4n) is 1.27. The molecule has 0 saturated heterocycles. The summed E-state index contributed by atoms with van der Waals surface area (Å²) in [6, 6.07) is 0. The van der Waals surface area contributed by atoms with Crippen LogP contribution in [0.3, 0.4) is 0 Å². The van der Waals surface area contributed by atoms with Crippen LogP contribution < -0.4 is 5.73 Å². The van der Waals surface area contributed by atoms with Crippen molar-refractivity contribution in [3.63, 3.8) is 0 Å². The maximum Gasteiger partial charge on any atom is 0.0193 e. The molecule has 0 aliphatic carbocycles. The first-order valence-corrected chi connectivity index (χ1v) is 5.33. The molecule has 0 rings (SSSR count). The van der Waals surface area contributed by atoms with Gasteiger partial charge in [0, 0.05) is 19.6 Å². The average molecular weight is 196 g/mol. The normalized spacial score (nSPS) is 13.9. The Labute approximate surface area is 88.5 Å². The second kappa shape index (κ2) is 7.77. The number of allylic oxidation sites excluding steroid dienone is 3. The maximum atomic E-state index is 5.49. The lowest BCUT2D eigenvalue weighted by atomic mass is 10.1. The molecule has 0 fully saturated rings. The summed E-state index contributed by atoms with van der Waals surface area (Å²) >= 11 is 0. The monoisotopic (exact) mass is 196 g/mol. The van der Waals surface area contributed by atoms with Crippen LogP contribution in [0, 0.1) is 0 Å². The molecule has 0 unspecified atom stereocenters. The molecule has 14 heavy (non-hydrogen) atoms. The maximum absolute atomic E-state index is 5.49. The van der Waals surface area contributed by atoms with Crippen LogP contribution in [0.25, 0.3) is 0 Å². The van der Waals surface area contributed by atoms with Crippen LogP contribution in [0.4, 0.5) is 0 Å². The third-order valence-corrected chi connectivity index (χ3v) is 2.29. The first kappa shape index (κ1) is 13.4. The van der Waals surface area contributed by atoms with Gasteiger partial charge < -0.3 is 10.6 Å². The SMILES string of the molecule is CC/C=C\C(C)=C(/C)CN(C)CCN. The van der Waals surface area contributed by atoms with Crippen molar-refractivity contribution >= 4 is 0 Å². The molecule has 2 heteroatoms. The molecule has 0 aromatic heterocycles. The summed E-state index contributed by atoms with van der Waals surface area (Å²) < 4.78 is 0. The van der Waals surface area contributed by atoms with Gasteiger partial charge >= 0.3 is 0 Å². The first-order valence-electron chi connectivity index (χ1n) is 5.33. The van der Waals surface area contributed by atoms with E-state index in [-0.39, 0.29) is 0 Å². The second-order valence-electron chi connectivity index (χ2n) is 3.80. The molecule has 0 aromatic rings. The van der Waals surface area contributed by atoms with E-state index in [2.05, 4.69) is 44.9 Å². The lowest BCUT2D eigenvalue weighted by molar-refractivity contribution is 0.371. The molecule has 2 N–H and O–H groups in total. The van der Waals surface area contributed by atoms with Crippen LogP contribution >= 0.6 is 0 Å². The molecule has 0 saturated carbocycles. The van der Waals surface area contributed by atoms with Crippen molar-refractivity contribution in [3.8, 4) is 0 Å². The molecule has 82 valence electrons. The van der Waals surface area contributed by atoms with Crippen molar-refractivity contribution in [1.29, 1.82) is 0 Å². The number of rotatable bonds is 6. The summed E-state index contributed by atoms with van der Waals surface area (Å²) in [4.78, 5) is 2.25. The number of likely N-dealkylation sites (N-methyl/N-ethyl adjacent to an activating group) is 1. The highest BCUT2D eigenvalue weighted by atomic mass is 15.1. The van der Waals surface area contributed by atoms with Crippen molar-refractivity contribution in [2.24, 2.45) is 5.73 Å². The van der Waals surface area contributed by atoms with Crippen LogP contribution in [0.15, 0.2) is 23.3 Å². The van der Waals surface area contributed by atoms with Crippen LogP contribution in [-0.2, 0) is 0 Å². The van der Waals surface area contributed by atoms with Gasteiger partial charge in [-0.3, -0.25) is 0 Å². The lowest BCUT2D eigenvalue weighted by Crippen LogP contribution is -2.27. The molecule has 0 heterocycles. The summed E-state index contributed by atoms with van der Waals surface area (Å²) in [5.74, 6) is 0. The summed E-state index contributed by atoms with van der Waals surface area (Å²) in [7, 11) is 2.10. The fraction of sp³-hybridized carbons (Fsp3) is 0.667. The van der Waals surface area contributed by atoms with Crippen LogP contribution in [0.1, 0.15) is 27.2 Å². The standard InChI is InChI=1S/C12H24N2/c1-5-6-7-11(2)12(3)10-14(4)9-8-13/h6-7H,5,8-10,13H2,1-4H3/b7-6-,12-11+. The minimum atomic E-state index is 0.730. The molecule has 0 amide bonds. The number of nitrogens with two attached hydrogens (primary N) is 1. The van der Waals surface area contributed by atoms with E-state index in [1.165, 1.54) is 11.1 Å². The van der Waals surface area contributed by atoms with Crippen LogP contribution in [-0.4, -0.2) is 31.6 Å². The third-order valence-electron chi connectivity index (χ3n) is 2.29. The van der Waals surface area contributed by atoms with Gasteiger partial charge in [0.05, 0.1) is 0 Å². The molecular formula is C12H24N2. The highest BCUT2D eigenvalue weighted by Crippen LogP contribution is 2.06. The topological polar surface area (TPSA) is 29.3 Å². The minimum Gasteiger partial charge on any atom is -0.329 e. The third kappa shape index (κ3) is 5.95. The molecule has 0 aliphatic heterocycles. The average Bonchev–Trinajstić information content (AvgIpc) is 2.14. The summed E-state index contributed by atoms with van der Waals surface area (Å²) in [5, 5.41) is 0. The van der Waals surface area contributed by atoms with E-state index in [0.29, 0.717) is 0 Å². The van der Waals surface area contributed by atoms with Crippen molar-refractivity contribution in [3.05, 3.63) is 23.3 Å². The van der Waals surface area contributed by atoms with Crippen molar-refractivity contribution in [2.45, 2.75) is 27.2 Å². The van der Waals surface area contributed by atoms with E-state index in [1.807, 2.05) is 0 Å². The van der Waals surface area contributed by atoms with Gasteiger partial charge in [0.15, 0.2) is 0 Å². The van der Waals surface area contributed by atoms with E-state index < -0.39 is 0 Å². The molecule has 0 bridgehead atoms. The summed E-state index contributed by atoms with van der Waals surface area (Å²) in [5.41, 5.74) is 8.28. The highest BCUT2D eigenvalue weighted by Gasteiger charge is 1.99. The Balaban J connectivity index is 4.14. The Morgan fingerprint density at radius 3 is 2.50 bits per heavy atom. The predicted molar refractivity (Wildman–Crippen MR) is 64.4 cm³/mol. The van der Waals surface area contributed by atoms with E-state index >= 15 is 0 Å². The van der Waals surface area contributed by atoms with Crippen molar-refractivity contribution < 1.29 is 0 Å². The van der Waals surface area contributed by atoms with Gasteiger partial charge in [0.2, 0.25) is 0 Å². The van der Waals surface area contributed by atoms with Crippen molar-refractivity contribution in [1.82, 2.24) is 4.90 Å². The van der Waals surface area contributed by atoms with Crippen LogP contribution in [0.5, 0.6) is 0 Å². The van der Waals surface area contributed by atoms with Gasteiger partial charge in [-0.1, -0.05) is 30.2 Å². The highest BCUT2D eigenvalue weighted by molar-refractivity contribution is 5.23. The number of hydrogen-bond donors (Lipinski definition) is 1. The largest absolute Gasteiger partial charge is 0.329 e. The molecule has 0 atom stereocenters. The van der Waals surface area contributed by atoms with Gasteiger partial charge in [0.1, 0.15) is 0 Å². The van der Waals surface area contributed by atoms with Gasteiger partial charge in [-0.05, 0) is 27.3 Å². The van der Waals surface area contributed by atoms with Gasteiger partial charge in [0.25, 0.3) is 0 Å². The molecule has 0 spiro atoms. The Hall–Kier alpha value is -0.600. The number of nitrogens with zero attached hydrogens (tertiary/aromatic N) is 1. The van der Waals surface area contributed by atoms with Gasteiger partial charge in [-0.25, -0.2) is 0 Å². The smallest absolute Gasteiger partial charge is 0.0193 e. The zero-order valence-corrected chi connectivity index (χ0v) is 10.0. The summed E-state index contributed by atoms with van der Waals surface area (Å²) in [6.45, 7) is 9.20. The zero-order chi connectivity index (χ0) is 11.0. The molecule has 0 aliphatic rings. The predicted octanol–water partition coefficient (Wildman–Crippen LogP) is 2.18. The van der Waals surface area contributed by atoms with Gasteiger partial charge in [-0.2, -0.15) is 0 Å². The van der Waals surface area contributed by atoms with E-state index in [9.17, 15) is 0 Å². The molecule has 0 radical (unpaired) electrons. The first-order chi connectivity index (χ1) is 6.61. The van der Waals surface area contributed by atoms with Crippen molar-refractivity contribution in [2.75, 3.05) is 26.7 Å². The Morgan fingerprint density at radius 1 is 1.36 bits per heavy atom. The molecular weight excluding hydrogens is 172 g/mol. The summed E-state index contributed by atoms with van der Waals surface area (Å²) in [6.07, 6.45) is 5.50. The quantitative estimate of drug-likeness (QED) is 0.660. The molecule has 0 aromatic carbocycles. The van der Waals surface area contributed by atoms with Crippen LogP contribution in [0.2, 0.25) is 0 Å². The van der Waals surface area contributed by atoms with E-state index in [0.717, 1.165) is 26.1 Å². The van der Waals surface area contributed by atoms with Gasteiger partial charge in [-0.15, -0.1) is 0 Å². The van der Waals surface area contributed by atoms with E-state index in [1.54, 1.807) is 0 Å². The lowest BCUT2D eigenvalue weighted by Gasteiger charge is -2.16. The van der Waals surface area contributed by atoms with E-state index in [4.69, 9.17) is 5.73 Å². The Kier molecular flexibility index (Phi) is 7.44.